The minimum atomic E-state index is -0.316. The lowest BCUT2D eigenvalue weighted by molar-refractivity contribution is 0.617. The summed E-state index contributed by atoms with van der Waals surface area (Å²) in [7, 11) is 0. The summed E-state index contributed by atoms with van der Waals surface area (Å²) in [6.45, 7) is 1.68. The van der Waals surface area contributed by atoms with Crippen molar-refractivity contribution in [1.29, 1.82) is 0 Å². The van der Waals surface area contributed by atoms with Crippen molar-refractivity contribution >= 4 is 45.2 Å². The number of halogens is 4. The Bertz CT molecular complexity index is 845. The molecule has 0 atom stereocenters. The Hall–Kier alpha value is -1.21. The Morgan fingerprint density at radius 1 is 1.19 bits per heavy atom. The second-order valence-corrected chi connectivity index (χ2v) is 6.12. The molecule has 0 aliphatic rings. The van der Waals surface area contributed by atoms with Crippen LogP contribution < -0.4 is 0 Å². The highest BCUT2D eigenvalue weighted by Crippen LogP contribution is 2.26. The lowest BCUT2D eigenvalue weighted by atomic mass is 10.2. The Balaban J connectivity index is 2.34. The van der Waals surface area contributed by atoms with Crippen LogP contribution in [0.5, 0.6) is 0 Å². The summed E-state index contributed by atoms with van der Waals surface area (Å²) < 4.78 is 29.6. The third-order valence-corrected chi connectivity index (χ3v) is 4.35. The number of rotatable bonds is 2. The van der Waals surface area contributed by atoms with Crippen LogP contribution in [0.2, 0.25) is 0 Å². The van der Waals surface area contributed by atoms with Gasteiger partial charge in [-0.25, -0.2) is 13.8 Å². The van der Waals surface area contributed by atoms with Gasteiger partial charge in [0.25, 0.3) is 0 Å². The number of alkyl halides is 1. The van der Waals surface area contributed by atoms with E-state index < -0.39 is 0 Å². The normalized spacial score (nSPS) is 11.3. The number of hydrogen-bond acceptors (Lipinski definition) is 1. The van der Waals surface area contributed by atoms with Gasteiger partial charge >= 0.3 is 0 Å². The maximum Gasteiger partial charge on any atom is 0.138 e. The van der Waals surface area contributed by atoms with Gasteiger partial charge in [-0.1, -0.05) is 0 Å². The first-order chi connectivity index (χ1) is 10.0. The Morgan fingerprint density at radius 2 is 1.95 bits per heavy atom. The Morgan fingerprint density at radius 3 is 2.62 bits per heavy atom. The molecule has 0 N–H and O–H groups in total. The molecular formula is C15H10ClF2IN2. The molecule has 0 saturated carbocycles. The van der Waals surface area contributed by atoms with E-state index in [2.05, 4.69) is 4.98 Å². The van der Waals surface area contributed by atoms with Crippen molar-refractivity contribution < 1.29 is 8.78 Å². The van der Waals surface area contributed by atoms with Crippen LogP contribution in [0.4, 0.5) is 8.78 Å². The molecular weight excluding hydrogens is 409 g/mol. The summed E-state index contributed by atoms with van der Waals surface area (Å²) in [5, 5.41) is 0. The van der Waals surface area contributed by atoms with Crippen molar-refractivity contribution in [3.05, 3.63) is 56.9 Å². The molecule has 21 heavy (non-hydrogen) atoms. The van der Waals surface area contributed by atoms with Gasteiger partial charge in [0.2, 0.25) is 0 Å². The molecule has 108 valence electrons. The summed E-state index contributed by atoms with van der Waals surface area (Å²) in [5.74, 6) is 0.183. The lowest BCUT2D eigenvalue weighted by Crippen LogP contribution is -2.00. The van der Waals surface area contributed by atoms with Crippen LogP contribution in [-0.2, 0) is 5.88 Å². The zero-order valence-corrected chi connectivity index (χ0v) is 13.9. The Kier molecular flexibility index (Phi) is 3.88. The van der Waals surface area contributed by atoms with E-state index in [-0.39, 0.29) is 17.5 Å². The van der Waals surface area contributed by atoms with Gasteiger partial charge in [0.05, 0.1) is 20.5 Å². The van der Waals surface area contributed by atoms with Gasteiger partial charge in [-0.3, -0.25) is 4.57 Å². The standard InChI is InChI=1S/C15H10ClF2IN2/c1-8-4-9(2-3-10(8)17)21-14-5-11(18)12(19)6-13(14)20-15(21)7-16/h2-6H,7H2,1H3. The zero-order chi connectivity index (χ0) is 15.1. The van der Waals surface area contributed by atoms with E-state index >= 15 is 0 Å². The van der Waals surface area contributed by atoms with Crippen molar-refractivity contribution in [2.24, 2.45) is 0 Å². The fourth-order valence-electron chi connectivity index (χ4n) is 2.27. The number of fused-ring (bicyclic) bond motifs is 1. The second-order valence-electron chi connectivity index (χ2n) is 4.69. The van der Waals surface area contributed by atoms with E-state index in [0.29, 0.717) is 31.7 Å². The molecule has 6 heteroatoms. The molecule has 0 saturated heterocycles. The maximum absolute atomic E-state index is 13.9. The van der Waals surface area contributed by atoms with E-state index in [1.807, 2.05) is 22.6 Å². The highest BCUT2D eigenvalue weighted by Gasteiger charge is 2.15. The van der Waals surface area contributed by atoms with Gasteiger partial charge in [0.1, 0.15) is 17.5 Å². The second kappa shape index (κ2) is 5.53. The van der Waals surface area contributed by atoms with Crippen LogP contribution >= 0.6 is 34.2 Å². The number of imidazole rings is 1. The predicted molar refractivity (Wildman–Crippen MR) is 88.0 cm³/mol. The summed E-state index contributed by atoms with van der Waals surface area (Å²) in [4.78, 5) is 4.43. The average molecular weight is 419 g/mol. The van der Waals surface area contributed by atoms with Gasteiger partial charge in [-0.2, -0.15) is 0 Å². The van der Waals surface area contributed by atoms with E-state index in [1.165, 1.54) is 12.1 Å². The number of hydrogen-bond donors (Lipinski definition) is 0. The molecule has 0 amide bonds. The third-order valence-electron chi connectivity index (χ3n) is 3.29. The molecule has 0 spiro atoms. The van der Waals surface area contributed by atoms with E-state index in [4.69, 9.17) is 11.6 Å². The number of nitrogens with zero attached hydrogens (tertiary/aromatic N) is 2. The first-order valence-electron chi connectivity index (χ1n) is 6.20. The van der Waals surface area contributed by atoms with Crippen molar-refractivity contribution in [1.82, 2.24) is 9.55 Å². The van der Waals surface area contributed by atoms with Crippen LogP contribution in [-0.4, -0.2) is 9.55 Å². The van der Waals surface area contributed by atoms with E-state index in [1.54, 1.807) is 29.7 Å². The molecule has 2 nitrogen and oxygen atoms in total. The smallest absolute Gasteiger partial charge is 0.138 e. The van der Waals surface area contributed by atoms with Gasteiger partial charge in [-0.15, -0.1) is 11.6 Å². The quantitative estimate of drug-likeness (QED) is 0.425. The fraction of sp³-hybridized carbons (Fsp3) is 0.133. The van der Waals surface area contributed by atoms with Crippen molar-refractivity contribution in [2.45, 2.75) is 12.8 Å². The van der Waals surface area contributed by atoms with Gasteiger partial charge in [-0.05, 0) is 59.3 Å². The molecule has 3 rings (SSSR count). The summed E-state index contributed by atoms with van der Waals surface area (Å²) in [5.41, 5.74) is 2.52. The molecule has 3 aromatic rings. The molecule has 1 heterocycles. The van der Waals surface area contributed by atoms with Crippen LogP contribution in [0.3, 0.4) is 0 Å². The number of benzene rings is 2. The van der Waals surface area contributed by atoms with Gasteiger partial charge < -0.3 is 0 Å². The number of aryl methyl sites for hydroxylation is 1. The topological polar surface area (TPSA) is 17.8 Å². The average Bonchev–Trinajstić information content (AvgIpc) is 2.80. The van der Waals surface area contributed by atoms with Crippen LogP contribution in [0, 0.1) is 22.1 Å². The van der Waals surface area contributed by atoms with Gasteiger partial charge in [0, 0.05) is 11.8 Å². The largest absolute Gasteiger partial charge is 0.295 e. The highest BCUT2D eigenvalue weighted by molar-refractivity contribution is 14.1. The van der Waals surface area contributed by atoms with E-state index in [0.717, 1.165) is 0 Å². The number of aromatic nitrogens is 2. The molecule has 0 fully saturated rings. The molecule has 0 unspecified atom stereocenters. The van der Waals surface area contributed by atoms with Crippen molar-refractivity contribution in [2.75, 3.05) is 0 Å². The van der Waals surface area contributed by atoms with Gasteiger partial charge in [0.15, 0.2) is 0 Å². The van der Waals surface area contributed by atoms with Crippen molar-refractivity contribution in [3.63, 3.8) is 0 Å². The molecule has 0 aliphatic heterocycles. The minimum Gasteiger partial charge on any atom is -0.295 e. The van der Waals surface area contributed by atoms with Crippen LogP contribution in [0.1, 0.15) is 11.4 Å². The maximum atomic E-state index is 13.9. The summed E-state index contributed by atoms with van der Waals surface area (Å²) in [6, 6.07) is 7.82. The molecule has 2 aromatic carbocycles. The lowest BCUT2D eigenvalue weighted by Gasteiger charge is -2.09. The molecule has 1 aromatic heterocycles. The van der Waals surface area contributed by atoms with Crippen LogP contribution in [0.25, 0.3) is 16.7 Å². The predicted octanol–water partition coefficient (Wildman–Crippen LogP) is 4.96. The summed E-state index contributed by atoms with van der Waals surface area (Å²) >= 11 is 7.87. The van der Waals surface area contributed by atoms with Crippen LogP contribution in [0.15, 0.2) is 30.3 Å². The molecule has 0 aliphatic carbocycles. The molecule has 0 radical (unpaired) electrons. The SMILES string of the molecule is Cc1cc(-n2c(CCl)nc3cc(I)c(F)cc32)ccc1F. The third kappa shape index (κ3) is 2.53. The molecule has 0 bridgehead atoms. The first-order valence-corrected chi connectivity index (χ1v) is 7.81. The zero-order valence-electron chi connectivity index (χ0n) is 11.0. The minimum absolute atomic E-state index is 0.184. The fourth-order valence-corrected chi connectivity index (χ4v) is 2.90. The monoisotopic (exact) mass is 418 g/mol. The van der Waals surface area contributed by atoms with E-state index in [9.17, 15) is 8.78 Å². The Labute approximate surface area is 138 Å². The van der Waals surface area contributed by atoms with Crippen molar-refractivity contribution in [3.8, 4) is 5.69 Å². The first kappa shape index (κ1) is 14.7. The highest BCUT2D eigenvalue weighted by atomic mass is 127. The summed E-state index contributed by atoms with van der Waals surface area (Å²) in [6.07, 6.45) is 0.